The number of carbonyl (C=O) groups is 1. The van der Waals surface area contributed by atoms with Gasteiger partial charge in [0.25, 0.3) is 0 Å². The maximum Gasteiger partial charge on any atom is 0.243 e. The third-order valence-electron chi connectivity index (χ3n) is 3.99. The van der Waals surface area contributed by atoms with E-state index < -0.39 is 0 Å². The third kappa shape index (κ3) is 2.95. The van der Waals surface area contributed by atoms with Crippen molar-refractivity contribution in [1.82, 2.24) is 5.43 Å². The van der Waals surface area contributed by atoms with Crippen LogP contribution in [0.4, 0.5) is 4.39 Å². The fourth-order valence-electron chi connectivity index (χ4n) is 2.50. The number of rotatable bonds is 4. The molecule has 1 N–H and O–H groups in total. The van der Waals surface area contributed by atoms with Crippen LogP contribution in [0.1, 0.15) is 24.0 Å². The molecule has 24 heavy (non-hydrogen) atoms. The zero-order valence-electron chi connectivity index (χ0n) is 12.8. The van der Waals surface area contributed by atoms with Gasteiger partial charge in [0, 0.05) is 17.0 Å². The van der Waals surface area contributed by atoms with E-state index in [9.17, 15) is 9.18 Å². The maximum atomic E-state index is 13.2. The van der Waals surface area contributed by atoms with E-state index in [1.54, 1.807) is 24.3 Å². The molecular formula is C18H15FN2O3. The molecule has 2 aliphatic rings. The molecular weight excluding hydrogens is 311 g/mol. The van der Waals surface area contributed by atoms with Crippen molar-refractivity contribution in [3.63, 3.8) is 0 Å². The zero-order chi connectivity index (χ0) is 16.5. The van der Waals surface area contributed by atoms with Crippen LogP contribution < -0.4 is 14.9 Å². The van der Waals surface area contributed by atoms with E-state index in [0.29, 0.717) is 22.8 Å². The summed E-state index contributed by atoms with van der Waals surface area (Å²) < 4.78 is 23.9. The zero-order valence-corrected chi connectivity index (χ0v) is 12.8. The largest absolute Gasteiger partial charge is 0.454 e. The van der Waals surface area contributed by atoms with E-state index in [2.05, 4.69) is 10.5 Å². The highest BCUT2D eigenvalue weighted by Crippen LogP contribution is 2.33. The highest BCUT2D eigenvalue weighted by atomic mass is 19.1. The van der Waals surface area contributed by atoms with Gasteiger partial charge in [-0.05, 0) is 55.3 Å². The highest BCUT2D eigenvalue weighted by Gasteiger charge is 2.29. The van der Waals surface area contributed by atoms with Crippen molar-refractivity contribution in [3.8, 4) is 11.5 Å². The number of halogens is 1. The number of carbonyl (C=O) groups excluding carboxylic acids is 1. The quantitative estimate of drug-likeness (QED) is 0.694. The van der Waals surface area contributed by atoms with Crippen molar-refractivity contribution in [2.24, 2.45) is 11.0 Å². The van der Waals surface area contributed by atoms with Crippen LogP contribution in [0.5, 0.6) is 11.5 Å². The van der Waals surface area contributed by atoms with Gasteiger partial charge < -0.3 is 9.47 Å². The lowest BCUT2D eigenvalue weighted by Gasteiger charge is -2.09. The van der Waals surface area contributed by atoms with Crippen LogP contribution in [-0.4, -0.2) is 18.4 Å². The molecule has 1 aliphatic carbocycles. The highest BCUT2D eigenvalue weighted by molar-refractivity contribution is 6.13. The summed E-state index contributed by atoms with van der Waals surface area (Å²) in [6.45, 7) is 0.181. The molecule has 1 amide bonds. The molecule has 0 radical (unpaired) electrons. The first-order chi connectivity index (χ1) is 11.7. The first-order valence-electron chi connectivity index (χ1n) is 7.74. The molecule has 0 unspecified atom stereocenters. The van der Waals surface area contributed by atoms with E-state index in [1.165, 1.54) is 12.1 Å². The summed E-state index contributed by atoms with van der Waals surface area (Å²) >= 11 is 0. The second-order valence-electron chi connectivity index (χ2n) is 5.79. The second-order valence-corrected chi connectivity index (χ2v) is 5.79. The molecule has 1 fully saturated rings. The Morgan fingerprint density at radius 1 is 1.04 bits per heavy atom. The maximum absolute atomic E-state index is 13.2. The van der Waals surface area contributed by atoms with Crippen LogP contribution in [0.25, 0.3) is 0 Å². The van der Waals surface area contributed by atoms with Crippen LogP contribution in [0.15, 0.2) is 47.6 Å². The van der Waals surface area contributed by atoms with E-state index in [1.807, 2.05) is 6.07 Å². The van der Waals surface area contributed by atoms with Crippen molar-refractivity contribution in [2.45, 2.75) is 12.8 Å². The Kier molecular flexibility index (Phi) is 3.65. The van der Waals surface area contributed by atoms with Gasteiger partial charge in [-0.3, -0.25) is 4.79 Å². The molecule has 0 spiro atoms. The predicted octanol–water partition coefficient (Wildman–Crippen LogP) is 2.83. The van der Waals surface area contributed by atoms with Crippen molar-refractivity contribution in [3.05, 3.63) is 59.4 Å². The summed E-state index contributed by atoms with van der Waals surface area (Å²) in [4.78, 5) is 11.9. The molecule has 2 aromatic rings. The van der Waals surface area contributed by atoms with E-state index in [0.717, 1.165) is 18.4 Å². The Hall–Kier alpha value is -2.89. The fraction of sp³-hybridized carbons (Fsp3) is 0.222. The lowest BCUT2D eigenvalue weighted by Crippen LogP contribution is -2.21. The molecule has 0 saturated heterocycles. The Balaban J connectivity index is 1.70. The molecule has 1 heterocycles. The summed E-state index contributed by atoms with van der Waals surface area (Å²) in [5, 5.41) is 4.28. The standard InChI is InChI=1S/C18H15FN2O3/c19-14-6-3-11(4-7-14)17(20-21-18(22)12-1-2-12)13-5-8-15-16(9-13)24-10-23-15/h3-9,12H,1-2,10H2,(H,21,22)/b20-17+. The Labute approximate surface area is 138 Å². The minimum absolute atomic E-state index is 0.0555. The molecule has 6 heteroatoms. The van der Waals surface area contributed by atoms with Gasteiger partial charge in [-0.1, -0.05) is 0 Å². The fourth-order valence-corrected chi connectivity index (χ4v) is 2.50. The van der Waals surface area contributed by atoms with Gasteiger partial charge in [-0.2, -0.15) is 5.10 Å². The lowest BCUT2D eigenvalue weighted by atomic mass is 10.0. The number of ether oxygens (including phenoxy) is 2. The van der Waals surface area contributed by atoms with Gasteiger partial charge in [-0.25, -0.2) is 9.82 Å². The van der Waals surface area contributed by atoms with Crippen molar-refractivity contribution >= 4 is 11.6 Å². The molecule has 2 aromatic carbocycles. The summed E-state index contributed by atoms with van der Waals surface area (Å²) in [5.41, 5.74) is 4.60. The molecule has 0 atom stereocenters. The number of hydrazone groups is 1. The first kappa shape index (κ1) is 14.7. The third-order valence-corrected chi connectivity index (χ3v) is 3.99. The number of benzene rings is 2. The van der Waals surface area contributed by atoms with Crippen LogP contribution >= 0.6 is 0 Å². The Bertz CT molecular complexity index is 814. The summed E-state index contributed by atoms with van der Waals surface area (Å²) in [6, 6.07) is 11.4. The number of hydrogen-bond acceptors (Lipinski definition) is 4. The van der Waals surface area contributed by atoms with Crippen molar-refractivity contribution in [1.29, 1.82) is 0 Å². The first-order valence-corrected chi connectivity index (χ1v) is 7.74. The summed E-state index contributed by atoms with van der Waals surface area (Å²) in [7, 11) is 0. The van der Waals surface area contributed by atoms with Crippen LogP contribution in [0.2, 0.25) is 0 Å². The van der Waals surface area contributed by atoms with Gasteiger partial charge in [-0.15, -0.1) is 0 Å². The van der Waals surface area contributed by atoms with Crippen molar-refractivity contribution < 1.29 is 18.7 Å². The monoisotopic (exact) mass is 326 g/mol. The van der Waals surface area contributed by atoms with E-state index in [4.69, 9.17) is 9.47 Å². The molecule has 0 bridgehead atoms. The van der Waals surface area contributed by atoms with Crippen LogP contribution in [0, 0.1) is 11.7 Å². The van der Waals surface area contributed by atoms with Crippen LogP contribution in [0.3, 0.4) is 0 Å². The molecule has 0 aromatic heterocycles. The molecule has 1 saturated carbocycles. The van der Waals surface area contributed by atoms with Gasteiger partial charge in [0.05, 0.1) is 5.71 Å². The SMILES string of the molecule is O=C(N/N=C(\c1ccc(F)cc1)c1ccc2c(c1)OCO2)C1CC1. The average molecular weight is 326 g/mol. The molecule has 4 rings (SSSR count). The smallest absolute Gasteiger partial charge is 0.243 e. The molecule has 5 nitrogen and oxygen atoms in total. The van der Waals surface area contributed by atoms with Gasteiger partial charge in [0.1, 0.15) is 5.82 Å². The topological polar surface area (TPSA) is 59.9 Å². The Morgan fingerprint density at radius 2 is 1.75 bits per heavy atom. The predicted molar refractivity (Wildman–Crippen MR) is 85.5 cm³/mol. The van der Waals surface area contributed by atoms with Gasteiger partial charge in [0.2, 0.25) is 12.7 Å². The number of amides is 1. The Morgan fingerprint density at radius 3 is 2.50 bits per heavy atom. The van der Waals surface area contributed by atoms with Crippen molar-refractivity contribution in [2.75, 3.05) is 6.79 Å². The molecule has 1 aliphatic heterocycles. The summed E-state index contributed by atoms with van der Waals surface area (Å²) in [6.07, 6.45) is 1.80. The summed E-state index contributed by atoms with van der Waals surface area (Å²) in [5.74, 6) is 0.927. The normalized spacial score (nSPS) is 16.1. The van der Waals surface area contributed by atoms with Crippen LogP contribution in [-0.2, 0) is 4.79 Å². The minimum Gasteiger partial charge on any atom is -0.454 e. The number of nitrogens with zero attached hydrogens (tertiary/aromatic N) is 1. The van der Waals surface area contributed by atoms with Gasteiger partial charge >= 0.3 is 0 Å². The van der Waals surface area contributed by atoms with E-state index >= 15 is 0 Å². The minimum atomic E-state index is -0.328. The lowest BCUT2D eigenvalue weighted by molar-refractivity contribution is -0.122. The average Bonchev–Trinajstić information content (AvgIpc) is 3.34. The number of hydrogen-bond donors (Lipinski definition) is 1. The van der Waals surface area contributed by atoms with Gasteiger partial charge in [0.15, 0.2) is 11.5 Å². The second kappa shape index (κ2) is 5.96. The number of fused-ring (bicyclic) bond motifs is 1. The number of nitrogens with one attached hydrogen (secondary N) is 1. The van der Waals surface area contributed by atoms with E-state index in [-0.39, 0.29) is 24.4 Å². The molecule has 122 valence electrons.